The number of nitriles is 1. The van der Waals surface area contributed by atoms with Gasteiger partial charge in [-0.25, -0.2) is 4.79 Å². The Morgan fingerprint density at radius 3 is 2.89 bits per heavy atom. The van der Waals surface area contributed by atoms with Gasteiger partial charge in [0.2, 0.25) is 0 Å². The second-order valence-corrected chi connectivity index (χ2v) is 4.45. The van der Waals surface area contributed by atoms with Gasteiger partial charge in [0.1, 0.15) is 0 Å². The predicted octanol–water partition coefficient (Wildman–Crippen LogP) is 3.07. The summed E-state index contributed by atoms with van der Waals surface area (Å²) in [6, 6.07) is 8.14. The van der Waals surface area contributed by atoms with Gasteiger partial charge in [-0.3, -0.25) is 0 Å². The van der Waals surface area contributed by atoms with Crippen molar-refractivity contribution in [3.8, 4) is 6.07 Å². The topological polar surface area (TPSA) is 56.1 Å². The summed E-state index contributed by atoms with van der Waals surface area (Å²) >= 11 is 0. The number of hydrogen-bond donors (Lipinski definition) is 1. The molecule has 1 aromatic rings. The van der Waals surface area contributed by atoms with Gasteiger partial charge in [-0.1, -0.05) is 19.1 Å². The third kappa shape index (κ3) is 2.17. The van der Waals surface area contributed by atoms with Gasteiger partial charge in [0.15, 0.2) is 0 Å². The molecule has 94 valence electrons. The van der Waals surface area contributed by atoms with Crippen LogP contribution in [0.2, 0.25) is 0 Å². The van der Waals surface area contributed by atoms with Crippen LogP contribution >= 0.6 is 0 Å². The highest BCUT2D eigenvalue weighted by atomic mass is 16.2. The highest BCUT2D eigenvalue weighted by Gasteiger charge is 2.22. The largest absolute Gasteiger partial charge is 0.322 e. The fraction of sp³-hybridized carbons (Fsp3) is 0.429. The second-order valence-electron chi connectivity index (χ2n) is 4.45. The number of benzene rings is 1. The number of anilines is 1. The molecular weight excluding hydrogens is 226 g/mol. The number of rotatable bonds is 3. The molecule has 0 radical (unpaired) electrons. The summed E-state index contributed by atoms with van der Waals surface area (Å²) < 4.78 is 0. The third-order valence-corrected chi connectivity index (χ3v) is 3.37. The van der Waals surface area contributed by atoms with Crippen molar-refractivity contribution in [3.63, 3.8) is 0 Å². The average molecular weight is 243 g/mol. The summed E-state index contributed by atoms with van der Waals surface area (Å²) in [6.45, 7) is 5.29. The summed E-state index contributed by atoms with van der Waals surface area (Å²) in [7, 11) is 0. The predicted molar refractivity (Wildman–Crippen MR) is 70.2 cm³/mol. The Morgan fingerprint density at radius 2 is 2.28 bits per heavy atom. The summed E-state index contributed by atoms with van der Waals surface area (Å²) in [4.78, 5) is 13.5. The van der Waals surface area contributed by atoms with E-state index in [9.17, 15) is 4.79 Å². The first-order valence-corrected chi connectivity index (χ1v) is 6.28. The van der Waals surface area contributed by atoms with Crippen molar-refractivity contribution in [3.05, 3.63) is 29.3 Å². The van der Waals surface area contributed by atoms with Crippen LogP contribution in [0.15, 0.2) is 18.2 Å². The highest BCUT2D eigenvalue weighted by molar-refractivity contribution is 5.92. The first kappa shape index (κ1) is 12.4. The number of carbonyl (C=O) groups is 1. The van der Waals surface area contributed by atoms with Crippen molar-refractivity contribution in [2.24, 2.45) is 0 Å². The summed E-state index contributed by atoms with van der Waals surface area (Å²) in [5.74, 6) is -0.101. The Kier molecular flexibility index (Phi) is 3.52. The van der Waals surface area contributed by atoms with Crippen LogP contribution in [-0.4, -0.2) is 17.5 Å². The maximum absolute atomic E-state index is 11.8. The van der Waals surface area contributed by atoms with E-state index < -0.39 is 0 Å². The fourth-order valence-electron chi connectivity index (χ4n) is 2.19. The van der Waals surface area contributed by atoms with Crippen LogP contribution in [0, 0.1) is 11.3 Å². The maximum atomic E-state index is 11.8. The second kappa shape index (κ2) is 5.09. The average Bonchev–Trinajstić information content (AvgIpc) is 2.39. The zero-order valence-corrected chi connectivity index (χ0v) is 10.7. The molecule has 1 N–H and O–H groups in total. The molecule has 4 nitrogen and oxygen atoms in total. The Hall–Kier alpha value is -2.02. The molecule has 0 spiro atoms. The van der Waals surface area contributed by atoms with Crippen molar-refractivity contribution < 1.29 is 4.79 Å². The van der Waals surface area contributed by atoms with Crippen LogP contribution in [0.5, 0.6) is 0 Å². The van der Waals surface area contributed by atoms with Gasteiger partial charge >= 0.3 is 6.03 Å². The SMILES string of the molecule is CCC(C#N)c1ccc2c(c1)NC(=O)N(CC)C2. The lowest BCUT2D eigenvalue weighted by Crippen LogP contribution is -2.38. The van der Waals surface area contributed by atoms with Gasteiger partial charge in [-0.2, -0.15) is 5.26 Å². The van der Waals surface area contributed by atoms with E-state index in [2.05, 4.69) is 11.4 Å². The van der Waals surface area contributed by atoms with Crippen LogP contribution in [0.1, 0.15) is 37.3 Å². The summed E-state index contributed by atoms with van der Waals surface area (Å²) in [5, 5.41) is 12.0. The van der Waals surface area contributed by atoms with E-state index in [0.717, 1.165) is 23.2 Å². The molecule has 0 bridgehead atoms. The zero-order chi connectivity index (χ0) is 13.1. The van der Waals surface area contributed by atoms with Gasteiger partial charge in [-0.15, -0.1) is 0 Å². The van der Waals surface area contributed by atoms with Gasteiger partial charge in [0.05, 0.1) is 12.0 Å². The van der Waals surface area contributed by atoms with Crippen LogP contribution in [0.3, 0.4) is 0 Å². The molecule has 0 fully saturated rings. The first-order valence-electron chi connectivity index (χ1n) is 6.28. The Bertz CT molecular complexity index is 504. The number of fused-ring (bicyclic) bond motifs is 1. The number of nitrogens with zero attached hydrogens (tertiary/aromatic N) is 2. The van der Waals surface area contributed by atoms with Gasteiger partial charge < -0.3 is 10.2 Å². The van der Waals surface area contributed by atoms with Crippen LogP contribution in [0.25, 0.3) is 0 Å². The molecule has 1 unspecified atom stereocenters. The normalized spacial score (nSPS) is 15.6. The smallest absolute Gasteiger partial charge is 0.320 e. The summed E-state index contributed by atoms with van der Waals surface area (Å²) in [6.07, 6.45) is 0.782. The van der Waals surface area contributed by atoms with E-state index in [0.29, 0.717) is 13.1 Å². The number of carbonyl (C=O) groups excluding carboxylic acids is 1. The van der Waals surface area contributed by atoms with Crippen molar-refractivity contribution in [2.45, 2.75) is 32.7 Å². The number of urea groups is 1. The zero-order valence-electron chi connectivity index (χ0n) is 10.7. The first-order chi connectivity index (χ1) is 8.69. The van der Waals surface area contributed by atoms with Crippen molar-refractivity contribution in [2.75, 3.05) is 11.9 Å². The van der Waals surface area contributed by atoms with E-state index in [-0.39, 0.29) is 11.9 Å². The molecule has 1 aliphatic heterocycles. The molecule has 2 amide bonds. The third-order valence-electron chi connectivity index (χ3n) is 3.37. The molecule has 1 aliphatic rings. The Labute approximate surface area is 107 Å². The molecule has 1 heterocycles. The van der Waals surface area contributed by atoms with Crippen LogP contribution < -0.4 is 5.32 Å². The van der Waals surface area contributed by atoms with Crippen molar-refractivity contribution in [1.82, 2.24) is 4.90 Å². The van der Waals surface area contributed by atoms with Crippen LogP contribution in [0.4, 0.5) is 10.5 Å². The Morgan fingerprint density at radius 1 is 1.50 bits per heavy atom. The lowest BCUT2D eigenvalue weighted by atomic mass is 9.95. The van der Waals surface area contributed by atoms with E-state index in [4.69, 9.17) is 5.26 Å². The Balaban J connectivity index is 2.32. The van der Waals surface area contributed by atoms with E-state index in [1.807, 2.05) is 32.0 Å². The van der Waals surface area contributed by atoms with E-state index in [1.54, 1.807) is 4.90 Å². The maximum Gasteiger partial charge on any atom is 0.322 e. The van der Waals surface area contributed by atoms with Gasteiger partial charge in [0, 0.05) is 18.8 Å². The molecule has 18 heavy (non-hydrogen) atoms. The minimum atomic E-state index is -0.101. The summed E-state index contributed by atoms with van der Waals surface area (Å²) in [5.41, 5.74) is 2.92. The molecule has 0 saturated carbocycles. The minimum absolute atomic E-state index is 0.0628. The van der Waals surface area contributed by atoms with E-state index >= 15 is 0 Å². The standard InChI is InChI=1S/C14H17N3O/c1-3-10(8-15)11-5-6-12-9-17(4-2)14(18)16-13(12)7-11/h5-7,10H,3-4,9H2,1-2H3,(H,16,18). The molecular formula is C14H17N3O. The molecule has 0 aliphatic carbocycles. The number of hydrogen-bond acceptors (Lipinski definition) is 2. The molecule has 4 heteroatoms. The molecule has 0 aromatic heterocycles. The molecule has 0 saturated heterocycles. The number of nitrogens with one attached hydrogen (secondary N) is 1. The number of amides is 2. The highest BCUT2D eigenvalue weighted by Crippen LogP contribution is 2.28. The minimum Gasteiger partial charge on any atom is -0.320 e. The van der Waals surface area contributed by atoms with Crippen molar-refractivity contribution in [1.29, 1.82) is 5.26 Å². The van der Waals surface area contributed by atoms with Gasteiger partial charge in [0.25, 0.3) is 0 Å². The van der Waals surface area contributed by atoms with E-state index in [1.165, 1.54) is 0 Å². The van der Waals surface area contributed by atoms with Gasteiger partial charge in [-0.05, 0) is 30.5 Å². The van der Waals surface area contributed by atoms with Crippen molar-refractivity contribution >= 4 is 11.7 Å². The lowest BCUT2D eigenvalue weighted by molar-refractivity contribution is 0.210. The molecule has 1 aromatic carbocycles. The molecule has 2 rings (SSSR count). The fourth-order valence-corrected chi connectivity index (χ4v) is 2.19. The monoisotopic (exact) mass is 243 g/mol. The molecule has 1 atom stereocenters. The van der Waals surface area contributed by atoms with Crippen LogP contribution in [-0.2, 0) is 6.54 Å². The quantitative estimate of drug-likeness (QED) is 0.887. The lowest BCUT2D eigenvalue weighted by Gasteiger charge is -2.28.